The third-order valence-electron chi connectivity index (χ3n) is 5.01. The number of amides is 3. The fraction of sp³-hybridized carbons (Fsp3) is 0.304. The molecule has 0 atom stereocenters. The molecule has 0 saturated carbocycles. The quantitative estimate of drug-likeness (QED) is 0.354. The summed E-state index contributed by atoms with van der Waals surface area (Å²) in [5.41, 5.74) is 3.16. The SMILES string of the molecule is COc1ccc(C=NNC(=O)C(=O)Nc2ccccc2C(=O)N2CCOCC2)c(OC)c1OC. The monoisotopic (exact) mass is 470 g/mol. The maximum atomic E-state index is 12.8. The molecule has 1 heterocycles. The Morgan fingerprint density at radius 2 is 1.65 bits per heavy atom. The number of para-hydroxylation sites is 1. The molecule has 1 saturated heterocycles. The van der Waals surface area contributed by atoms with E-state index in [-0.39, 0.29) is 17.2 Å². The fourth-order valence-electron chi connectivity index (χ4n) is 3.33. The number of rotatable bonds is 7. The molecular weight excluding hydrogens is 444 g/mol. The minimum Gasteiger partial charge on any atom is -0.493 e. The average molecular weight is 470 g/mol. The molecule has 1 aliphatic rings. The van der Waals surface area contributed by atoms with Crippen molar-refractivity contribution in [3.63, 3.8) is 0 Å². The summed E-state index contributed by atoms with van der Waals surface area (Å²) in [7, 11) is 4.42. The summed E-state index contributed by atoms with van der Waals surface area (Å²) in [6, 6.07) is 9.79. The molecule has 0 radical (unpaired) electrons. The highest BCUT2D eigenvalue weighted by atomic mass is 16.5. The normalized spacial score (nSPS) is 13.3. The van der Waals surface area contributed by atoms with Crippen LogP contribution in [0.1, 0.15) is 15.9 Å². The number of methoxy groups -OCH3 is 3. The van der Waals surface area contributed by atoms with Crippen molar-refractivity contribution in [1.29, 1.82) is 0 Å². The van der Waals surface area contributed by atoms with Crippen LogP contribution in [0, 0.1) is 0 Å². The van der Waals surface area contributed by atoms with Gasteiger partial charge in [0, 0.05) is 18.7 Å². The maximum Gasteiger partial charge on any atom is 0.329 e. The van der Waals surface area contributed by atoms with Crippen LogP contribution in [0.25, 0.3) is 0 Å². The van der Waals surface area contributed by atoms with Crippen LogP contribution in [-0.2, 0) is 14.3 Å². The van der Waals surface area contributed by atoms with E-state index in [1.54, 1.807) is 41.3 Å². The zero-order valence-corrected chi connectivity index (χ0v) is 19.1. The molecule has 11 heteroatoms. The summed E-state index contributed by atoms with van der Waals surface area (Å²) >= 11 is 0. The molecule has 180 valence electrons. The molecule has 0 spiro atoms. The van der Waals surface area contributed by atoms with E-state index in [1.165, 1.54) is 27.5 Å². The van der Waals surface area contributed by atoms with Gasteiger partial charge in [0.1, 0.15) is 0 Å². The Morgan fingerprint density at radius 3 is 2.32 bits per heavy atom. The van der Waals surface area contributed by atoms with Crippen LogP contribution in [0.3, 0.4) is 0 Å². The van der Waals surface area contributed by atoms with Crippen LogP contribution in [0.15, 0.2) is 41.5 Å². The number of benzene rings is 2. The van der Waals surface area contributed by atoms with Crippen LogP contribution in [0.4, 0.5) is 5.69 Å². The lowest BCUT2D eigenvalue weighted by atomic mass is 10.1. The van der Waals surface area contributed by atoms with Crippen LogP contribution in [-0.4, -0.2) is 76.5 Å². The van der Waals surface area contributed by atoms with Gasteiger partial charge in [-0.25, -0.2) is 5.43 Å². The largest absolute Gasteiger partial charge is 0.493 e. The second-order valence-corrected chi connectivity index (χ2v) is 7.03. The first kappa shape index (κ1) is 24.5. The Morgan fingerprint density at radius 1 is 0.941 bits per heavy atom. The van der Waals surface area contributed by atoms with E-state index in [4.69, 9.17) is 18.9 Å². The Kier molecular flexibility index (Phi) is 8.41. The third-order valence-corrected chi connectivity index (χ3v) is 5.01. The predicted octanol–water partition coefficient (Wildman–Crippen LogP) is 1.27. The molecule has 2 aromatic rings. The van der Waals surface area contributed by atoms with Gasteiger partial charge in [0.2, 0.25) is 5.75 Å². The zero-order valence-electron chi connectivity index (χ0n) is 19.1. The van der Waals surface area contributed by atoms with Crippen LogP contribution < -0.4 is 25.0 Å². The molecule has 0 aromatic heterocycles. The van der Waals surface area contributed by atoms with Crippen LogP contribution >= 0.6 is 0 Å². The molecule has 2 N–H and O–H groups in total. The molecular formula is C23H26N4O7. The van der Waals surface area contributed by atoms with E-state index in [1.807, 2.05) is 0 Å². The van der Waals surface area contributed by atoms with Crippen LogP contribution in [0.5, 0.6) is 17.2 Å². The molecule has 34 heavy (non-hydrogen) atoms. The first-order chi connectivity index (χ1) is 16.5. The van der Waals surface area contributed by atoms with Crippen LogP contribution in [0.2, 0.25) is 0 Å². The van der Waals surface area contributed by atoms with Gasteiger partial charge in [-0.05, 0) is 24.3 Å². The topological polar surface area (TPSA) is 128 Å². The predicted molar refractivity (Wildman–Crippen MR) is 124 cm³/mol. The molecule has 1 fully saturated rings. The summed E-state index contributed by atoms with van der Waals surface area (Å²) in [5, 5.41) is 6.29. The average Bonchev–Trinajstić information content (AvgIpc) is 2.88. The molecule has 1 aliphatic heterocycles. The van der Waals surface area contributed by atoms with E-state index in [0.717, 1.165) is 0 Å². The number of nitrogens with zero attached hydrogens (tertiary/aromatic N) is 2. The van der Waals surface area contributed by atoms with Crippen molar-refractivity contribution in [3.8, 4) is 17.2 Å². The van der Waals surface area contributed by atoms with Gasteiger partial charge in [-0.1, -0.05) is 12.1 Å². The lowest BCUT2D eigenvalue weighted by molar-refractivity contribution is -0.136. The maximum absolute atomic E-state index is 12.8. The number of carbonyl (C=O) groups excluding carboxylic acids is 3. The molecule has 3 rings (SSSR count). The highest BCUT2D eigenvalue weighted by Gasteiger charge is 2.23. The Labute approximate surface area is 196 Å². The van der Waals surface area contributed by atoms with Gasteiger partial charge in [0.15, 0.2) is 11.5 Å². The molecule has 2 aromatic carbocycles. The molecule has 11 nitrogen and oxygen atoms in total. The molecule has 0 bridgehead atoms. The van der Waals surface area contributed by atoms with Gasteiger partial charge < -0.3 is 29.2 Å². The van der Waals surface area contributed by atoms with Crippen molar-refractivity contribution < 1.29 is 33.3 Å². The molecule has 0 aliphatic carbocycles. The minimum atomic E-state index is -1.01. The van der Waals surface area contributed by atoms with Gasteiger partial charge >= 0.3 is 11.8 Å². The van der Waals surface area contributed by atoms with E-state index >= 15 is 0 Å². The second-order valence-electron chi connectivity index (χ2n) is 7.03. The van der Waals surface area contributed by atoms with E-state index < -0.39 is 11.8 Å². The molecule has 0 unspecified atom stereocenters. The zero-order chi connectivity index (χ0) is 24.5. The fourth-order valence-corrected chi connectivity index (χ4v) is 3.33. The number of ether oxygens (including phenoxy) is 4. The van der Waals surface area contributed by atoms with Crippen molar-refractivity contribution in [3.05, 3.63) is 47.5 Å². The summed E-state index contributed by atoms with van der Waals surface area (Å²) in [4.78, 5) is 39.1. The van der Waals surface area contributed by atoms with Crippen molar-refractivity contribution in [1.82, 2.24) is 10.3 Å². The van der Waals surface area contributed by atoms with Gasteiger partial charge in [-0.3, -0.25) is 14.4 Å². The highest BCUT2D eigenvalue weighted by Crippen LogP contribution is 2.38. The number of hydrogen-bond donors (Lipinski definition) is 2. The highest BCUT2D eigenvalue weighted by molar-refractivity contribution is 6.40. The first-order valence-electron chi connectivity index (χ1n) is 10.4. The number of hydrogen-bond acceptors (Lipinski definition) is 8. The second kappa shape index (κ2) is 11.7. The Bertz CT molecular complexity index is 1080. The standard InChI is InChI=1S/C23H26N4O7/c1-31-18-9-8-15(19(32-2)20(18)33-3)14-24-26-22(29)21(28)25-17-7-5-4-6-16(17)23(30)27-10-12-34-13-11-27/h4-9,14H,10-13H2,1-3H3,(H,25,28)(H,26,29). The lowest BCUT2D eigenvalue weighted by Gasteiger charge is -2.27. The number of morpholine rings is 1. The summed E-state index contributed by atoms with van der Waals surface area (Å²) in [6.45, 7) is 1.81. The smallest absolute Gasteiger partial charge is 0.329 e. The summed E-state index contributed by atoms with van der Waals surface area (Å²) in [5.74, 6) is -1.06. The van der Waals surface area contributed by atoms with Crippen molar-refractivity contribution >= 4 is 29.6 Å². The van der Waals surface area contributed by atoms with Crippen molar-refractivity contribution in [2.45, 2.75) is 0 Å². The number of nitrogens with one attached hydrogen (secondary N) is 2. The lowest BCUT2D eigenvalue weighted by Crippen LogP contribution is -2.41. The van der Waals surface area contributed by atoms with Crippen molar-refractivity contribution in [2.75, 3.05) is 52.9 Å². The first-order valence-corrected chi connectivity index (χ1v) is 10.4. The molecule has 3 amide bonds. The summed E-state index contributed by atoms with van der Waals surface area (Å²) < 4.78 is 21.1. The number of anilines is 1. The third kappa shape index (κ3) is 5.62. The number of hydrazone groups is 1. The van der Waals surface area contributed by atoms with Gasteiger partial charge in [0.25, 0.3) is 5.91 Å². The van der Waals surface area contributed by atoms with E-state index in [2.05, 4.69) is 15.8 Å². The number of carbonyl (C=O) groups is 3. The minimum absolute atomic E-state index is 0.227. The Hall–Kier alpha value is -4.12. The Balaban J connectivity index is 1.67. The van der Waals surface area contributed by atoms with Gasteiger partial charge in [-0.15, -0.1) is 0 Å². The van der Waals surface area contributed by atoms with Gasteiger partial charge in [0.05, 0.1) is 52.0 Å². The van der Waals surface area contributed by atoms with E-state index in [0.29, 0.717) is 49.1 Å². The summed E-state index contributed by atoms with van der Waals surface area (Å²) in [6.07, 6.45) is 1.31. The van der Waals surface area contributed by atoms with Crippen molar-refractivity contribution in [2.24, 2.45) is 5.10 Å². The van der Waals surface area contributed by atoms with Gasteiger partial charge in [-0.2, -0.15) is 5.10 Å². The van der Waals surface area contributed by atoms with E-state index in [9.17, 15) is 14.4 Å².